The third-order valence-electron chi connectivity index (χ3n) is 3.40. The second kappa shape index (κ2) is 5.70. The average molecular weight is 267 g/mol. The second-order valence-electron chi connectivity index (χ2n) is 5.02. The van der Waals surface area contributed by atoms with Gasteiger partial charge < -0.3 is 4.90 Å². The molecule has 1 aliphatic heterocycles. The lowest BCUT2D eigenvalue weighted by Gasteiger charge is -2.31. The molecule has 0 radical (unpaired) electrons. The van der Waals surface area contributed by atoms with Gasteiger partial charge in [-0.25, -0.2) is 4.98 Å². The van der Waals surface area contributed by atoms with E-state index in [4.69, 9.17) is 11.6 Å². The standard InChI is InChI=1S/C14H19ClN2O/c1-3-12-7-11(8-13(15)16-12)14(18)17-6-4-5-10(2)9-17/h7-8,10H,3-6,9H2,1-2H3. The lowest BCUT2D eigenvalue weighted by molar-refractivity contribution is 0.0683. The number of pyridine rings is 1. The molecule has 2 heterocycles. The monoisotopic (exact) mass is 266 g/mol. The zero-order chi connectivity index (χ0) is 13.1. The zero-order valence-corrected chi connectivity index (χ0v) is 11.7. The van der Waals surface area contributed by atoms with Crippen LogP contribution in [-0.2, 0) is 6.42 Å². The zero-order valence-electron chi connectivity index (χ0n) is 10.9. The van der Waals surface area contributed by atoms with E-state index in [-0.39, 0.29) is 5.91 Å². The quantitative estimate of drug-likeness (QED) is 0.771. The number of piperidine rings is 1. The molecule has 0 N–H and O–H groups in total. The average Bonchev–Trinajstić information content (AvgIpc) is 2.37. The summed E-state index contributed by atoms with van der Waals surface area (Å²) in [6.07, 6.45) is 3.09. The molecule has 0 saturated carbocycles. The van der Waals surface area contributed by atoms with Crippen LogP contribution in [0.1, 0.15) is 42.7 Å². The van der Waals surface area contributed by atoms with E-state index < -0.39 is 0 Å². The van der Waals surface area contributed by atoms with Gasteiger partial charge in [-0.2, -0.15) is 0 Å². The van der Waals surface area contributed by atoms with E-state index in [0.717, 1.165) is 31.6 Å². The van der Waals surface area contributed by atoms with E-state index in [1.165, 1.54) is 6.42 Å². The summed E-state index contributed by atoms with van der Waals surface area (Å²) in [6.45, 7) is 5.90. The SMILES string of the molecule is CCc1cc(C(=O)N2CCCC(C)C2)cc(Cl)n1. The number of amides is 1. The van der Waals surface area contributed by atoms with Gasteiger partial charge in [-0.15, -0.1) is 0 Å². The first kappa shape index (κ1) is 13.3. The van der Waals surface area contributed by atoms with Crippen molar-refractivity contribution in [3.05, 3.63) is 28.5 Å². The van der Waals surface area contributed by atoms with Gasteiger partial charge >= 0.3 is 0 Å². The van der Waals surface area contributed by atoms with Crippen molar-refractivity contribution in [2.45, 2.75) is 33.1 Å². The van der Waals surface area contributed by atoms with Crippen molar-refractivity contribution < 1.29 is 4.79 Å². The molecule has 1 fully saturated rings. The molecule has 0 spiro atoms. The molecule has 1 amide bonds. The number of aromatic nitrogens is 1. The molecule has 1 atom stereocenters. The van der Waals surface area contributed by atoms with Gasteiger partial charge in [0, 0.05) is 24.3 Å². The Bertz CT molecular complexity index is 447. The third-order valence-corrected chi connectivity index (χ3v) is 3.59. The minimum Gasteiger partial charge on any atom is -0.338 e. The largest absolute Gasteiger partial charge is 0.338 e. The summed E-state index contributed by atoms with van der Waals surface area (Å²) < 4.78 is 0. The maximum absolute atomic E-state index is 12.4. The lowest BCUT2D eigenvalue weighted by atomic mass is 9.99. The van der Waals surface area contributed by atoms with E-state index in [9.17, 15) is 4.79 Å². The molecule has 2 rings (SSSR count). The molecule has 3 nitrogen and oxygen atoms in total. The first-order chi connectivity index (χ1) is 8.60. The number of likely N-dealkylation sites (tertiary alicyclic amines) is 1. The maximum Gasteiger partial charge on any atom is 0.254 e. The first-order valence-corrected chi connectivity index (χ1v) is 6.93. The van der Waals surface area contributed by atoms with Gasteiger partial charge in [0.25, 0.3) is 5.91 Å². The van der Waals surface area contributed by atoms with Gasteiger partial charge in [0.05, 0.1) is 0 Å². The van der Waals surface area contributed by atoms with Gasteiger partial charge in [0.15, 0.2) is 0 Å². The van der Waals surface area contributed by atoms with Crippen LogP contribution in [0.4, 0.5) is 0 Å². The molecule has 1 aromatic rings. The molecule has 4 heteroatoms. The summed E-state index contributed by atoms with van der Waals surface area (Å²) in [7, 11) is 0. The molecule has 98 valence electrons. The minimum absolute atomic E-state index is 0.0838. The normalized spacial score (nSPS) is 19.9. The van der Waals surface area contributed by atoms with Crippen LogP contribution >= 0.6 is 11.6 Å². The number of nitrogens with zero attached hydrogens (tertiary/aromatic N) is 2. The second-order valence-corrected chi connectivity index (χ2v) is 5.41. The first-order valence-electron chi connectivity index (χ1n) is 6.56. The van der Waals surface area contributed by atoms with Crippen LogP contribution in [0.2, 0.25) is 5.15 Å². The van der Waals surface area contributed by atoms with Crippen molar-refractivity contribution in [2.75, 3.05) is 13.1 Å². The van der Waals surface area contributed by atoms with Crippen molar-refractivity contribution in [1.82, 2.24) is 9.88 Å². The summed E-state index contributed by atoms with van der Waals surface area (Å²) in [6, 6.07) is 3.52. The number of carbonyl (C=O) groups excluding carboxylic acids is 1. The van der Waals surface area contributed by atoms with Crippen molar-refractivity contribution >= 4 is 17.5 Å². The Labute approximate surface area is 113 Å². The number of halogens is 1. The summed E-state index contributed by atoms with van der Waals surface area (Å²) in [5.41, 5.74) is 1.54. The predicted molar refractivity (Wildman–Crippen MR) is 72.9 cm³/mol. The predicted octanol–water partition coefficient (Wildman–Crippen LogP) is 3.17. The fraction of sp³-hybridized carbons (Fsp3) is 0.571. The summed E-state index contributed by atoms with van der Waals surface area (Å²) in [5.74, 6) is 0.672. The Morgan fingerprint density at radius 3 is 3.00 bits per heavy atom. The van der Waals surface area contributed by atoms with Crippen molar-refractivity contribution in [1.29, 1.82) is 0 Å². The van der Waals surface area contributed by atoms with Crippen LogP contribution in [0.25, 0.3) is 0 Å². The van der Waals surface area contributed by atoms with Gasteiger partial charge in [-0.05, 0) is 37.3 Å². The Morgan fingerprint density at radius 2 is 2.33 bits per heavy atom. The number of aryl methyl sites for hydroxylation is 1. The Kier molecular flexibility index (Phi) is 4.23. The number of rotatable bonds is 2. The van der Waals surface area contributed by atoms with Crippen LogP contribution in [0.3, 0.4) is 0 Å². The molecule has 0 aliphatic carbocycles. The van der Waals surface area contributed by atoms with E-state index in [2.05, 4.69) is 11.9 Å². The van der Waals surface area contributed by atoms with E-state index in [1.54, 1.807) is 6.07 Å². The van der Waals surface area contributed by atoms with E-state index in [0.29, 0.717) is 16.6 Å². The highest BCUT2D eigenvalue weighted by atomic mass is 35.5. The molecule has 1 saturated heterocycles. The van der Waals surface area contributed by atoms with Crippen molar-refractivity contribution in [2.24, 2.45) is 5.92 Å². The van der Waals surface area contributed by atoms with E-state index >= 15 is 0 Å². The van der Waals surface area contributed by atoms with Crippen LogP contribution < -0.4 is 0 Å². The number of hydrogen-bond donors (Lipinski definition) is 0. The van der Waals surface area contributed by atoms with Gasteiger partial charge in [0.2, 0.25) is 0 Å². The highest BCUT2D eigenvalue weighted by Gasteiger charge is 2.22. The highest BCUT2D eigenvalue weighted by Crippen LogP contribution is 2.19. The van der Waals surface area contributed by atoms with Crippen molar-refractivity contribution in [3.63, 3.8) is 0 Å². The number of carbonyl (C=O) groups is 1. The smallest absolute Gasteiger partial charge is 0.254 e. The molecule has 0 bridgehead atoms. The van der Waals surface area contributed by atoms with Crippen LogP contribution in [0.5, 0.6) is 0 Å². The topological polar surface area (TPSA) is 33.2 Å². The Morgan fingerprint density at radius 1 is 1.56 bits per heavy atom. The molecule has 18 heavy (non-hydrogen) atoms. The molecular weight excluding hydrogens is 248 g/mol. The molecule has 1 aromatic heterocycles. The molecule has 0 aromatic carbocycles. The molecule has 1 aliphatic rings. The van der Waals surface area contributed by atoms with Gasteiger partial charge in [0.1, 0.15) is 5.15 Å². The highest BCUT2D eigenvalue weighted by molar-refractivity contribution is 6.29. The minimum atomic E-state index is 0.0838. The van der Waals surface area contributed by atoms with Crippen molar-refractivity contribution in [3.8, 4) is 0 Å². The Hall–Kier alpha value is -1.09. The summed E-state index contributed by atoms with van der Waals surface area (Å²) in [5, 5.41) is 0.405. The lowest BCUT2D eigenvalue weighted by Crippen LogP contribution is -2.39. The van der Waals surface area contributed by atoms with Crippen LogP contribution in [0, 0.1) is 5.92 Å². The fourth-order valence-electron chi connectivity index (χ4n) is 2.41. The molecular formula is C14H19ClN2O. The fourth-order valence-corrected chi connectivity index (χ4v) is 2.64. The van der Waals surface area contributed by atoms with E-state index in [1.807, 2.05) is 17.9 Å². The van der Waals surface area contributed by atoms with Crippen LogP contribution in [-0.4, -0.2) is 28.9 Å². The Balaban J connectivity index is 2.19. The van der Waals surface area contributed by atoms with Crippen LogP contribution in [0.15, 0.2) is 12.1 Å². The van der Waals surface area contributed by atoms with Gasteiger partial charge in [-0.3, -0.25) is 4.79 Å². The van der Waals surface area contributed by atoms with Gasteiger partial charge in [-0.1, -0.05) is 25.4 Å². The third kappa shape index (κ3) is 3.02. The number of hydrogen-bond acceptors (Lipinski definition) is 2. The maximum atomic E-state index is 12.4. The molecule has 1 unspecified atom stereocenters. The summed E-state index contributed by atoms with van der Waals surface area (Å²) >= 11 is 5.96. The summed E-state index contributed by atoms with van der Waals surface area (Å²) in [4.78, 5) is 18.5.